The zero-order valence-electron chi connectivity index (χ0n) is 8.66. The molecule has 0 bridgehead atoms. The van der Waals surface area contributed by atoms with Crippen LogP contribution in [0.4, 0.5) is 0 Å². The number of aryl methyl sites for hydroxylation is 1. The Morgan fingerprint density at radius 1 is 1.00 bits per heavy atom. The van der Waals surface area contributed by atoms with Crippen LogP contribution < -0.4 is 0 Å². The van der Waals surface area contributed by atoms with Gasteiger partial charge in [0.15, 0.2) is 0 Å². The molecule has 1 aliphatic carbocycles. The fourth-order valence-electron chi connectivity index (χ4n) is 1.92. The lowest BCUT2D eigenvalue weighted by Crippen LogP contribution is -1.87. The second kappa shape index (κ2) is 4.28. The highest BCUT2D eigenvalue weighted by Crippen LogP contribution is 2.24. The minimum absolute atomic E-state index is 1.09. The maximum Gasteiger partial charge on any atom is -0.00946 e. The zero-order valence-corrected chi connectivity index (χ0v) is 8.66. The first kappa shape index (κ1) is 9.26. The molecule has 0 heterocycles. The van der Waals surface area contributed by atoms with E-state index in [2.05, 4.69) is 49.4 Å². The Morgan fingerprint density at radius 2 is 1.86 bits per heavy atom. The molecule has 2 rings (SSSR count). The molecule has 0 saturated heterocycles. The van der Waals surface area contributed by atoms with Gasteiger partial charge < -0.3 is 0 Å². The van der Waals surface area contributed by atoms with Crippen molar-refractivity contribution < 1.29 is 0 Å². The van der Waals surface area contributed by atoms with Gasteiger partial charge in [-0.15, -0.1) is 0 Å². The third kappa shape index (κ3) is 1.95. The molecule has 0 nitrogen and oxygen atoms in total. The molecule has 0 atom stereocenters. The van der Waals surface area contributed by atoms with E-state index in [1.807, 2.05) is 0 Å². The van der Waals surface area contributed by atoms with Gasteiger partial charge in [-0.3, -0.25) is 0 Å². The van der Waals surface area contributed by atoms with Gasteiger partial charge in [0.05, 0.1) is 0 Å². The molecule has 0 fully saturated rings. The molecule has 0 amide bonds. The van der Waals surface area contributed by atoms with Crippen LogP contribution in [0.2, 0.25) is 0 Å². The lowest BCUT2D eigenvalue weighted by molar-refractivity contribution is 1.06. The van der Waals surface area contributed by atoms with Crippen LogP contribution in [-0.2, 0) is 0 Å². The molecule has 0 aliphatic heterocycles. The Labute approximate surface area is 86.0 Å². The quantitative estimate of drug-likeness (QED) is 0.576. The van der Waals surface area contributed by atoms with Gasteiger partial charge in [-0.1, -0.05) is 42.5 Å². The van der Waals surface area contributed by atoms with Crippen LogP contribution in [0.1, 0.15) is 30.4 Å². The SMILES string of the molecule is Cc1ccccc1C1=CCCC=CC1. The van der Waals surface area contributed by atoms with E-state index in [0.717, 1.165) is 6.42 Å². The molecule has 0 N–H and O–H groups in total. The van der Waals surface area contributed by atoms with E-state index in [0.29, 0.717) is 0 Å². The van der Waals surface area contributed by atoms with Crippen molar-refractivity contribution >= 4 is 5.57 Å². The van der Waals surface area contributed by atoms with E-state index in [1.165, 1.54) is 29.5 Å². The number of benzene rings is 1. The molecule has 1 aliphatic rings. The molecule has 0 aromatic heterocycles. The summed E-state index contributed by atoms with van der Waals surface area (Å²) in [6.07, 6.45) is 10.4. The molecule has 0 radical (unpaired) electrons. The first-order chi connectivity index (χ1) is 6.88. The monoisotopic (exact) mass is 184 g/mol. The summed E-state index contributed by atoms with van der Waals surface area (Å²) in [6, 6.07) is 8.63. The summed E-state index contributed by atoms with van der Waals surface area (Å²) in [5.41, 5.74) is 4.28. The van der Waals surface area contributed by atoms with Crippen molar-refractivity contribution in [2.75, 3.05) is 0 Å². The Hall–Kier alpha value is -1.30. The van der Waals surface area contributed by atoms with Gasteiger partial charge in [-0.05, 0) is 42.9 Å². The van der Waals surface area contributed by atoms with E-state index in [9.17, 15) is 0 Å². The van der Waals surface area contributed by atoms with Crippen molar-refractivity contribution in [3.05, 3.63) is 53.6 Å². The van der Waals surface area contributed by atoms with E-state index in [1.54, 1.807) is 0 Å². The number of hydrogen-bond donors (Lipinski definition) is 0. The van der Waals surface area contributed by atoms with Crippen molar-refractivity contribution in [3.8, 4) is 0 Å². The van der Waals surface area contributed by atoms with Gasteiger partial charge in [0.25, 0.3) is 0 Å². The number of rotatable bonds is 1. The van der Waals surface area contributed by atoms with Crippen LogP contribution in [0.3, 0.4) is 0 Å². The van der Waals surface area contributed by atoms with Crippen LogP contribution in [0.5, 0.6) is 0 Å². The molecule has 0 spiro atoms. The Bertz CT molecular complexity index is 369. The van der Waals surface area contributed by atoms with E-state index in [4.69, 9.17) is 0 Å². The Kier molecular flexibility index (Phi) is 2.83. The highest BCUT2D eigenvalue weighted by molar-refractivity contribution is 5.69. The molecular weight excluding hydrogens is 168 g/mol. The summed E-state index contributed by atoms with van der Waals surface area (Å²) in [5.74, 6) is 0. The van der Waals surface area contributed by atoms with Crippen molar-refractivity contribution in [2.24, 2.45) is 0 Å². The highest BCUT2D eigenvalue weighted by Gasteiger charge is 2.03. The third-order valence-electron chi connectivity index (χ3n) is 2.72. The molecule has 14 heavy (non-hydrogen) atoms. The lowest BCUT2D eigenvalue weighted by Gasteiger charge is -2.07. The van der Waals surface area contributed by atoms with Crippen LogP contribution in [0.25, 0.3) is 5.57 Å². The summed E-state index contributed by atoms with van der Waals surface area (Å²) in [7, 11) is 0. The summed E-state index contributed by atoms with van der Waals surface area (Å²) >= 11 is 0. The smallest absolute Gasteiger partial charge is 0.00946 e. The maximum absolute atomic E-state index is 2.38. The van der Waals surface area contributed by atoms with E-state index >= 15 is 0 Å². The lowest BCUT2D eigenvalue weighted by atomic mass is 9.98. The fourth-order valence-corrected chi connectivity index (χ4v) is 1.92. The van der Waals surface area contributed by atoms with Gasteiger partial charge in [-0.2, -0.15) is 0 Å². The molecule has 0 heteroatoms. The molecule has 1 aromatic rings. The second-order valence-electron chi connectivity index (χ2n) is 3.80. The normalized spacial score (nSPS) is 16.2. The second-order valence-corrected chi connectivity index (χ2v) is 3.80. The van der Waals surface area contributed by atoms with Gasteiger partial charge >= 0.3 is 0 Å². The summed E-state index contributed by atoms with van der Waals surface area (Å²) in [4.78, 5) is 0. The van der Waals surface area contributed by atoms with Gasteiger partial charge in [0, 0.05) is 0 Å². The summed E-state index contributed by atoms with van der Waals surface area (Å²) < 4.78 is 0. The first-order valence-corrected chi connectivity index (χ1v) is 5.28. The van der Waals surface area contributed by atoms with Crippen LogP contribution >= 0.6 is 0 Å². The number of allylic oxidation sites excluding steroid dienone is 4. The fraction of sp³-hybridized carbons (Fsp3) is 0.286. The molecular formula is C14H16. The van der Waals surface area contributed by atoms with Gasteiger partial charge in [0.2, 0.25) is 0 Å². The molecule has 0 unspecified atom stereocenters. The standard InChI is InChI=1S/C14H16/c1-12-8-6-7-11-14(12)13-9-4-2-3-5-10-13/h2,4,6-8,10-11H,3,5,9H2,1H3. The predicted molar refractivity (Wildman–Crippen MR) is 62.1 cm³/mol. The van der Waals surface area contributed by atoms with Crippen LogP contribution in [0.15, 0.2) is 42.5 Å². The highest BCUT2D eigenvalue weighted by atomic mass is 14.1. The maximum atomic E-state index is 2.38. The average molecular weight is 184 g/mol. The van der Waals surface area contributed by atoms with Crippen LogP contribution in [0, 0.1) is 6.92 Å². The largest absolute Gasteiger partial charge is 0.0879 e. The minimum Gasteiger partial charge on any atom is -0.0879 e. The molecule has 0 saturated carbocycles. The summed E-state index contributed by atoms with van der Waals surface area (Å²) in [5, 5.41) is 0. The Morgan fingerprint density at radius 3 is 2.71 bits per heavy atom. The van der Waals surface area contributed by atoms with Crippen molar-refractivity contribution in [2.45, 2.75) is 26.2 Å². The topological polar surface area (TPSA) is 0 Å². The van der Waals surface area contributed by atoms with Gasteiger partial charge in [0.1, 0.15) is 0 Å². The average Bonchev–Trinajstić information content (AvgIpc) is 2.47. The van der Waals surface area contributed by atoms with Crippen molar-refractivity contribution in [1.82, 2.24) is 0 Å². The van der Waals surface area contributed by atoms with Crippen molar-refractivity contribution in [1.29, 1.82) is 0 Å². The minimum atomic E-state index is 1.09. The first-order valence-electron chi connectivity index (χ1n) is 5.28. The van der Waals surface area contributed by atoms with Crippen LogP contribution in [-0.4, -0.2) is 0 Å². The van der Waals surface area contributed by atoms with Crippen molar-refractivity contribution in [3.63, 3.8) is 0 Å². The number of hydrogen-bond acceptors (Lipinski definition) is 0. The predicted octanol–water partition coefficient (Wildman–Crippen LogP) is 4.12. The summed E-state index contributed by atoms with van der Waals surface area (Å²) in [6.45, 7) is 2.19. The Balaban J connectivity index is 2.34. The zero-order chi connectivity index (χ0) is 9.80. The van der Waals surface area contributed by atoms with E-state index < -0.39 is 0 Å². The molecule has 1 aromatic carbocycles. The van der Waals surface area contributed by atoms with E-state index in [-0.39, 0.29) is 0 Å². The van der Waals surface area contributed by atoms with Gasteiger partial charge in [-0.25, -0.2) is 0 Å². The molecule has 72 valence electrons. The third-order valence-corrected chi connectivity index (χ3v) is 2.72.